The first kappa shape index (κ1) is 22.5. The number of nitrogens with one attached hydrogen (secondary N) is 1. The van der Waals surface area contributed by atoms with Gasteiger partial charge in [0.2, 0.25) is 0 Å². The van der Waals surface area contributed by atoms with E-state index in [0.717, 1.165) is 45.3 Å². The summed E-state index contributed by atoms with van der Waals surface area (Å²) in [5.74, 6) is 1.22. The molecule has 176 valence electrons. The zero-order chi connectivity index (χ0) is 22.9. The first-order chi connectivity index (χ1) is 16.0. The molecule has 4 heteroatoms. The van der Waals surface area contributed by atoms with Crippen LogP contribution in [-0.2, 0) is 12.8 Å². The number of carbonyl (C=O) groups is 1. The highest BCUT2D eigenvalue weighted by atomic mass is 16.2. The molecule has 0 aromatic heterocycles. The van der Waals surface area contributed by atoms with Crippen molar-refractivity contribution in [2.45, 2.75) is 71.0 Å². The standard InChI is InChI=1S/C29H39N3O/c1-20(2)16-22-8-6-10-24(17-22)21(3)30-29(33)32-14-7-11-25-19-31-15-13-23-9-4-5-12-26(23)28(31)18-27(25)32/h4-6,8-10,12,17,20-21,25,27-28H,7,11,13-16,18-19H2,1-3H3,(H,30,33)/t21-,25-,27+,28+/m1/s1. The molecule has 5 rings (SSSR count). The van der Waals surface area contributed by atoms with Crippen LogP contribution in [-0.4, -0.2) is 41.5 Å². The fourth-order valence-electron chi connectivity index (χ4n) is 6.46. The fourth-order valence-corrected chi connectivity index (χ4v) is 6.46. The monoisotopic (exact) mass is 445 g/mol. The summed E-state index contributed by atoms with van der Waals surface area (Å²) in [6.45, 7) is 9.78. The molecule has 3 heterocycles. The predicted octanol–water partition coefficient (Wildman–Crippen LogP) is 5.74. The Kier molecular flexibility index (Phi) is 6.47. The van der Waals surface area contributed by atoms with Gasteiger partial charge in [-0.15, -0.1) is 0 Å². The number of benzene rings is 2. The minimum Gasteiger partial charge on any atom is -0.331 e. The molecule has 2 saturated heterocycles. The van der Waals surface area contributed by atoms with Gasteiger partial charge in [0.05, 0.1) is 6.04 Å². The molecule has 4 atom stereocenters. The fraction of sp³-hybridized carbons (Fsp3) is 0.552. The largest absolute Gasteiger partial charge is 0.331 e. The van der Waals surface area contributed by atoms with Crippen molar-refractivity contribution in [1.82, 2.24) is 15.1 Å². The number of rotatable bonds is 4. The number of fused-ring (bicyclic) bond motifs is 4. The highest BCUT2D eigenvalue weighted by molar-refractivity contribution is 5.75. The van der Waals surface area contributed by atoms with E-state index >= 15 is 0 Å². The Morgan fingerprint density at radius 1 is 1.09 bits per heavy atom. The molecule has 2 aromatic carbocycles. The summed E-state index contributed by atoms with van der Waals surface area (Å²) in [4.78, 5) is 18.4. The molecule has 4 nitrogen and oxygen atoms in total. The van der Waals surface area contributed by atoms with Gasteiger partial charge in [0, 0.05) is 31.7 Å². The molecule has 0 unspecified atom stereocenters. The second kappa shape index (κ2) is 9.50. The Balaban J connectivity index is 1.30. The normalized spacial score (nSPS) is 25.7. The topological polar surface area (TPSA) is 35.6 Å². The molecule has 0 radical (unpaired) electrons. The van der Waals surface area contributed by atoms with E-state index in [0.29, 0.717) is 23.9 Å². The lowest BCUT2D eigenvalue weighted by Crippen LogP contribution is -2.59. The molecular weight excluding hydrogens is 406 g/mol. The molecule has 0 aliphatic carbocycles. The molecule has 2 fully saturated rings. The van der Waals surface area contributed by atoms with Gasteiger partial charge in [-0.05, 0) is 73.1 Å². The number of urea groups is 1. The molecule has 1 N–H and O–H groups in total. The van der Waals surface area contributed by atoms with Crippen LogP contribution in [0.4, 0.5) is 4.79 Å². The summed E-state index contributed by atoms with van der Waals surface area (Å²) >= 11 is 0. The minimum atomic E-state index is 0.0143. The maximum Gasteiger partial charge on any atom is 0.318 e. The van der Waals surface area contributed by atoms with E-state index < -0.39 is 0 Å². The Bertz CT molecular complexity index is 986. The second-order valence-electron chi connectivity index (χ2n) is 10.9. The van der Waals surface area contributed by atoms with Crippen LogP contribution < -0.4 is 5.32 Å². The summed E-state index contributed by atoms with van der Waals surface area (Å²) < 4.78 is 0. The SMILES string of the molecule is CC(C)Cc1cccc([C@@H](C)NC(=O)N2CCC[C@@H]3CN4CCc5ccccc5[C@@H]4C[C@@H]32)c1. The van der Waals surface area contributed by atoms with E-state index in [2.05, 4.69) is 84.4 Å². The Morgan fingerprint density at radius 2 is 1.94 bits per heavy atom. The van der Waals surface area contributed by atoms with E-state index in [1.165, 1.54) is 28.7 Å². The number of piperidine rings is 2. The first-order valence-electron chi connectivity index (χ1n) is 13.0. The molecule has 3 aliphatic rings. The maximum atomic E-state index is 13.5. The lowest BCUT2D eigenvalue weighted by Gasteiger charge is -2.52. The van der Waals surface area contributed by atoms with Gasteiger partial charge >= 0.3 is 6.03 Å². The number of amides is 2. The predicted molar refractivity (Wildman–Crippen MR) is 134 cm³/mol. The van der Waals surface area contributed by atoms with Gasteiger partial charge in [-0.3, -0.25) is 4.90 Å². The van der Waals surface area contributed by atoms with Crippen molar-refractivity contribution >= 4 is 6.03 Å². The molecular formula is C29H39N3O. The quantitative estimate of drug-likeness (QED) is 0.651. The van der Waals surface area contributed by atoms with E-state index in [-0.39, 0.29) is 12.1 Å². The van der Waals surface area contributed by atoms with Crippen LogP contribution in [0.25, 0.3) is 0 Å². The Labute approximate surface area is 199 Å². The van der Waals surface area contributed by atoms with Crippen molar-refractivity contribution < 1.29 is 4.79 Å². The van der Waals surface area contributed by atoms with Crippen molar-refractivity contribution in [1.29, 1.82) is 0 Å². The van der Waals surface area contributed by atoms with Crippen molar-refractivity contribution in [2.75, 3.05) is 19.6 Å². The number of likely N-dealkylation sites (tertiary alicyclic amines) is 1. The van der Waals surface area contributed by atoms with Gasteiger partial charge in [-0.1, -0.05) is 62.4 Å². The van der Waals surface area contributed by atoms with Gasteiger partial charge in [-0.2, -0.15) is 0 Å². The third-order valence-corrected chi connectivity index (χ3v) is 8.07. The Morgan fingerprint density at radius 3 is 2.79 bits per heavy atom. The number of hydrogen-bond acceptors (Lipinski definition) is 2. The second-order valence-corrected chi connectivity index (χ2v) is 10.9. The number of carbonyl (C=O) groups excluding carboxylic acids is 1. The maximum absolute atomic E-state index is 13.5. The summed E-state index contributed by atoms with van der Waals surface area (Å²) in [7, 11) is 0. The molecule has 0 bridgehead atoms. The molecule has 2 aromatic rings. The average Bonchev–Trinajstić information content (AvgIpc) is 2.82. The van der Waals surface area contributed by atoms with Crippen LogP contribution in [0.15, 0.2) is 48.5 Å². The summed E-state index contributed by atoms with van der Waals surface area (Å²) in [6, 6.07) is 18.6. The van der Waals surface area contributed by atoms with Gasteiger partial charge in [0.1, 0.15) is 0 Å². The average molecular weight is 446 g/mol. The molecule has 0 spiro atoms. The zero-order valence-electron chi connectivity index (χ0n) is 20.5. The summed E-state index contributed by atoms with van der Waals surface area (Å²) in [5, 5.41) is 3.34. The third kappa shape index (κ3) is 4.68. The lowest BCUT2D eigenvalue weighted by molar-refractivity contribution is 0.00533. The van der Waals surface area contributed by atoms with Crippen molar-refractivity contribution in [3.63, 3.8) is 0 Å². The van der Waals surface area contributed by atoms with Crippen LogP contribution in [0.1, 0.15) is 74.4 Å². The van der Waals surface area contributed by atoms with Crippen LogP contribution >= 0.6 is 0 Å². The highest BCUT2D eigenvalue weighted by Crippen LogP contribution is 2.42. The van der Waals surface area contributed by atoms with Gasteiger partial charge in [-0.25, -0.2) is 4.79 Å². The molecule has 3 aliphatic heterocycles. The van der Waals surface area contributed by atoms with Crippen molar-refractivity contribution in [3.8, 4) is 0 Å². The van der Waals surface area contributed by atoms with E-state index in [1.807, 2.05) is 0 Å². The lowest BCUT2D eigenvalue weighted by atomic mass is 9.77. The van der Waals surface area contributed by atoms with Gasteiger partial charge in [0.15, 0.2) is 0 Å². The summed E-state index contributed by atoms with van der Waals surface area (Å²) in [5.41, 5.74) is 5.54. The molecule has 33 heavy (non-hydrogen) atoms. The van der Waals surface area contributed by atoms with Crippen molar-refractivity contribution in [3.05, 3.63) is 70.8 Å². The van der Waals surface area contributed by atoms with Gasteiger partial charge < -0.3 is 10.2 Å². The van der Waals surface area contributed by atoms with Gasteiger partial charge in [0.25, 0.3) is 0 Å². The number of hydrogen-bond donors (Lipinski definition) is 1. The van der Waals surface area contributed by atoms with Crippen LogP contribution in [0, 0.1) is 11.8 Å². The Hall–Kier alpha value is -2.33. The number of nitrogens with zero attached hydrogens (tertiary/aromatic N) is 2. The smallest absolute Gasteiger partial charge is 0.318 e. The third-order valence-electron chi connectivity index (χ3n) is 8.07. The summed E-state index contributed by atoms with van der Waals surface area (Å²) in [6.07, 6.45) is 5.65. The van der Waals surface area contributed by atoms with Crippen molar-refractivity contribution in [2.24, 2.45) is 11.8 Å². The van der Waals surface area contributed by atoms with Crippen LogP contribution in [0.3, 0.4) is 0 Å². The van der Waals surface area contributed by atoms with E-state index in [4.69, 9.17) is 0 Å². The van der Waals surface area contributed by atoms with E-state index in [9.17, 15) is 4.79 Å². The van der Waals surface area contributed by atoms with Crippen LogP contribution in [0.2, 0.25) is 0 Å². The zero-order valence-corrected chi connectivity index (χ0v) is 20.5. The van der Waals surface area contributed by atoms with E-state index in [1.54, 1.807) is 0 Å². The molecule has 2 amide bonds. The minimum absolute atomic E-state index is 0.0143. The molecule has 0 saturated carbocycles. The first-order valence-corrected chi connectivity index (χ1v) is 13.0. The highest BCUT2D eigenvalue weighted by Gasteiger charge is 2.44. The van der Waals surface area contributed by atoms with Crippen LogP contribution in [0.5, 0.6) is 0 Å².